The maximum Gasteiger partial charge on any atom is 0.438 e. The van der Waals surface area contributed by atoms with Crippen molar-refractivity contribution >= 4 is 5.69 Å². The Morgan fingerprint density at radius 3 is 2.77 bits per heavy atom. The Balaban J connectivity index is 2.34. The summed E-state index contributed by atoms with van der Waals surface area (Å²) < 4.78 is 4.91. The van der Waals surface area contributed by atoms with Crippen molar-refractivity contribution in [3.63, 3.8) is 0 Å². The fourth-order valence-corrected chi connectivity index (χ4v) is 1.68. The van der Waals surface area contributed by atoms with Crippen molar-refractivity contribution in [2.75, 3.05) is 18.0 Å². The van der Waals surface area contributed by atoms with Crippen molar-refractivity contribution in [1.82, 2.24) is 4.98 Å². The summed E-state index contributed by atoms with van der Waals surface area (Å²) >= 11 is 0. The zero-order chi connectivity index (χ0) is 9.26. The van der Waals surface area contributed by atoms with Gasteiger partial charge in [-0.15, -0.1) is 0 Å². The van der Waals surface area contributed by atoms with E-state index >= 15 is 0 Å². The quantitative estimate of drug-likeness (QED) is 0.645. The number of rotatable bonds is 1. The zero-order valence-electron chi connectivity index (χ0n) is 7.62. The molecule has 13 heavy (non-hydrogen) atoms. The summed E-state index contributed by atoms with van der Waals surface area (Å²) in [5, 5.41) is 0. The highest BCUT2D eigenvalue weighted by molar-refractivity contribution is 5.47. The van der Waals surface area contributed by atoms with Gasteiger partial charge in [-0.3, -0.25) is 0 Å². The normalized spacial score (nSPS) is 16.5. The van der Waals surface area contributed by atoms with Crippen LogP contribution in [-0.2, 0) is 0 Å². The van der Waals surface area contributed by atoms with E-state index in [-0.39, 0.29) is 0 Å². The lowest BCUT2D eigenvalue weighted by Gasteiger charge is -2.17. The molecule has 1 aromatic rings. The second-order valence-electron chi connectivity index (χ2n) is 3.26. The van der Waals surface area contributed by atoms with Crippen LogP contribution in [0.15, 0.2) is 15.4 Å². The number of aromatic nitrogens is 1. The largest absolute Gasteiger partial charge is 0.438 e. The van der Waals surface area contributed by atoms with Crippen LogP contribution in [0.2, 0.25) is 0 Å². The highest BCUT2D eigenvalue weighted by Crippen LogP contribution is 2.21. The van der Waals surface area contributed by atoms with Crippen LogP contribution in [0.3, 0.4) is 0 Å². The van der Waals surface area contributed by atoms with Gasteiger partial charge in [0.1, 0.15) is 5.76 Å². The molecule has 0 amide bonds. The third-order valence-electron chi connectivity index (χ3n) is 2.34. The lowest BCUT2D eigenvalue weighted by molar-refractivity contribution is 0.455. The Morgan fingerprint density at radius 1 is 1.46 bits per heavy atom. The lowest BCUT2D eigenvalue weighted by atomic mass is 10.3. The summed E-state index contributed by atoms with van der Waals surface area (Å²) in [6.07, 6.45) is 4.02. The molecule has 1 saturated heterocycles. The first-order valence-corrected chi connectivity index (χ1v) is 4.49. The molecule has 1 aromatic heterocycles. The molecule has 2 rings (SSSR count). The van der Waals surface area contributed by atoms with Gasteiger partial charge >= 0.3 is 5.76 Å². The molecule has 0 saturated carbocycles. The van der Waals surface area contributed by atoms with Gasteiger partial charge in [0.2, 0.25) is 0 Å². The zero-order valence-corrected chi connectivity index (χ0v) is 7.62. The van der Waals surface area contributed by atoms with Gasteiger partial charge in [0, 0.05) is 13.1 Å². The topological polar surface area (TPSA) is 46.3 Å². The summed E-state index contributed by atoms with van der Waals surface area (Å²) in [7, 11) is 0. The van der Waals surface area contributed by atoms with Crippen LogP contribution >= 0.6 is 0 Å². The summed E-state index contributed by atoms with van der Waals surface area (Å²) in [6.45, 7) is 3.88. The highest BCUT2D eigenvalue weighted by atomic mass is 16.4. The van der Waals surface area contributed by atoms with Crippen molar-refractivity contribution in [3.05, 3.63) is 22.5 Å². The van der Waals surface area contributed by atoms with Crippen molar-refractivity contribution in [2.24, 2.45) is 0 Å². The minimum absolute atomic E-state index is 0.513. The number of hydrogen-bond donors (Lipinski definition) is 0. The summed E-state index contributed by atoms with van der Waals surface area (Å²) in [6, 6.07) is 0. The van der Waals surface area contributed by atoms with Gasteiger partial charge in [0.05, 0.1) is 11.9 Å². The Kier molecular flexibility index (Phi) is 2.04. The van der Waals surface area contributed by atoms with Gasteiger partial charge in [-0.1, -0.05) is 0 Å². The van der Waals surface area contributed by atoms with E-state index in [1.165, 1.54) is 12.8 Å². The number of aryl methyl sites for hydroxylation is 1. The molecule has 0 aromatic carbocycles. The number of hydrogen-bond acceptors (Lipinski definition) is 4. The van der Waals surface area contributed by atoms with Gasteiger partial charge in [0.25, 0.3) is 0 Å². The average Bonchev–Trinajstić information content (AvgIpc) is 2.56. The van der Waals surface area contributed by atoms with Crippen molar-refractivity contribution in [1.29, 1.82) is 0 Å². The molecular weight excluding hydrogens is 168 g/mol. The first-order chi connectivity index (χ1) is 6.27. The monoisotopic (exact) mass is 180 g/mol. The van der Waals surface area contributed by atoms with Crippen LogP contribution in [0, 0.1) is 6.92 Å². The lowest BCUT2D eigenvalue weighted by Crippen LogP contribution is -2.20. The molecule has 0 unspecified atom stereocenters. The molecule has 0 N–H and O–H groups in total. The fraction of sp³-hybridized carbons (Fsp3) is 0.556. The van der Waals surface area contributed by atoms with Crippen LogP contribution in [0.4, 0.5) is 5.69 Å². The first-order valence-electron chi connectivity index (χ1n) is 4.49. The van der Waals surface area contributed by atoms with E-state index in [4.69, 9.17) is 4.42 Å². The molecule has 0 atom stereocenters. The minimum atomic E-state index is -0.513. The average molecular weight is 180 g/mol. The Morgan fingerprint density at radius 2 is 2.15 bits per heavy atom. The molecule has 1 aliphatic heterocycles. The van der Waals surface area contributed by atoms with Gasteiger partial charge in [0.15, 0.2) is 0 Å². The molecule has 1 fully saturated rings. The van der Waals surface area contributed by atoms with E-state index in [1.807, 2.05) is 0 Å². The summed E-state index contributed by atoms with van der Waals surface area (Å²) in [5.74, 6) is 0.155. The highest BCUT2D eigenvalue weighted by Gasteiger charge is 2.15. The van der Waals surface area contributed by atoms with Crippen LogP contribution in [0.25, 0.3) is 0 Å². The van der Waals surface area contributed by atoms with Crippen molar-refractivity contribution in [3.8, 4) is 0 Å². The molecule has 2 heterocycles. The minimum Gasteiger partial charge on any atom is -0.411 e. The summed E-state index contributed by atoms with van der Waals surface area (Å²) in [4.78, 5) is 16.6. The molecule has 1 aliphatic rings. The third-order valence-corrected chi connectivity index (χ3v) is 2.34. The van der Waals surface area contributed by atoms with Crippen LogP contribution in [0.5, 0.6) is 0 Å². The number of anilines is 1. The van der Waals surface area contributed by atoms with E-state index < -0.39 is 5.76 Å². The Hall–Kier alpha value is -1.32. The van der Waals surface area contributed by atoms with Crippen LogP contribution in [-0.4, -0.2) is 18.1 Å². The fourth-order valence-electron chi connectivity index (χ4n) is 1.68. The van der Waals surface area contributed by atoms with E-state index in [0.717, 1.165) is 18.8 Å². The van der Waals surface area contributed by atoms with E-state index in [0.29, 0.717) is 5.76 Å². The molecular formula is C9H12N2O2. The molecule has 0 bridgehead atoms. The predicted octanol–water partition coefficient (Wildman–Crippen LogP) is 0.943. The smallest absolute Gasteiger partial charge is 0.411 e. The Bertz CT molecular complexity index is 353. The van der Waals surface area contributed by atoms with Crippen molar-refractivity contribution in [2.45, 2.75) is 19.8 Å². The predicted molar refractivity (Wildman–Crippen MR) is 49.0 cm³/mol. The van der Waals surface area contributed by atoms with Gasteiger partial charge in [-0.05, 0) is 19.8 Å². The standard InChI is InChI=1S/C9H12N2O2/c1-7-8(6-10-9(12)13-7)11-4-2-3-5-11/h6H,2-5H2,1H3. The van der Waals surface area contributed by atoms with Crippen molar-refractivity contribution < 1.29 is 4.42 Å². The van der Waals surface area contributed by atoms with E-state index in [2.05, 4.69) is 9.88 Å². The molecule has 70 valence electrons. The Labute approximate surface area is 76.2 Å². The molecule has 0 aliphatic carbocycles. The van der Waals surface area contributed by atoms with Crippen LogP contribution < -0.4 is 10.7 Å². The van der Waals surface area contributed by atoms with Gasteiger partial charge in [-0.2, -0.15) is 4.98 Å². The summed E-state index contributed by atoms with van der Waals surface area (Å²) in [5.41, 5.74) is 0.956. The second-order valence-corrected chi connectivity index (χ2v) is 3.26. The maximum atomic E-state index is 10.8. The molecule has 4 nitrogen and oxygen atoms in total. The number of nitrogens with zero attached hydrogens (tertiary/aromatic N) is 2. The second kappa shape index (κ2) is 3.20. The SMILES string of the molecule is Cc1oc(=O)ncc1N1CCCC1. The first kappa shape index (κ1) is 8.29. The molecule has 0 spiro atoms. The molecule has 0 radical (unpaired) electrons. The van der Waals surface area contributed by atoms with Gasteiger partial charge < -0.3 is 9.32 Å². The van der Waals surface area contributed by atoms with E-state index in [1.54, 1.807) is 13.1 Å². The maximum absolute atomic E-state index is 10.8. The third kappa shape index (κ3) is 1.56. The van der Waals surface area contributed by atoms with E-state index in [9.17, 15) is 4.79 Å². The van der Waals surface area contributed by atoms with Gasteiger partial charge in [-0.25, -0.2) is 4.79 Å². The van der Waals surface area contributed by atoms with Crippen LogP contribution in [0.1, 0.15) is 18.6 Å². The molecule has 4 heteroatoms.